The summed E-state index contributed by atoms with van der Waals surface area (Å²) < 4.78 is 5.40. The lowest BCUT2D eigenvalue weighted by Gasteiger charge is -2.18. The van der Waals surface area contributed by atoms with Crippen LogP contribution in [-0.4, -0.2) is 23.2 Å². The Morgan fingerprint density at radius 1 is 1.05 bits per heavy atom. The van der Waals surface area contributed by atoms with Crippen molar-refractivity contribution < 1.29 is 14.3 Å². The molecule has 2 aromatic rings. The Bertz CT molecular complexity index is 734. The molecule has 1 aliphatic carbocycles. The zero-order chi connectivity index (χ0) is 14.3. The molecule has 0 unspecified atom stereocenters. The van der Waals surface area contributed by atoms with Crippen LogP contribution in [0.5, 0.6) is 5.88 Å². The molecule has 0 aliphatic heterocycles. The predicted molar refractivity (Wildman–Crippen MR) is 73.5 cm³/mol. The predicted octanol–water partition coefficient (Wildman–Crippen LogP) is 2.56. The number of aryl methyl sites for hydroxylation is 1. The Morgan fingerprint density at radius 3 is 2.35 bits per heavy atom. The maximum absolute atomic E-state index is 12.5. The van der Waals surface area contributed by atoms with Gasteiger partial charge >= 0.3 is 0 Å². The second-order valence-corrected chi connectivity index (χ2v) is 4.64. The topological polar surface area (TPSA) is 56.3 Å². The standard InChI is InChI=1S/C16H13NO3/c1-3-20-16-9(2)8-12-13(17-16)15(19)11-7-5-4-6-10(11)14(12)18/h4-8H,3H2,1-2H3. The van der Waals surface area contributed by atoms with Gasteiger partial charge in [-0.1, -0.05) is 24.3 Å². The number of benzene rings is 1. The van der Waals surface area contributed by atoms with Crippen LogP contribution in [0.15, 0.2) is 30.3 Å². The lowest BCUT2D eigenvalue weighted by Crippen LogP contribution is -2.23. The van der Waals surface area contributed by atoms with Crippen LogP contribution < -0.4 is 4.74 Å². The first kappa shape index (κ1) is 12.5. The summed E-state index contributed by atoms with van der Waals surface area (Å²) in [4.78, 5) is 29.1. The van der Waals surface area contributed by atoms with E-state index in [-0.39, 0.29) is 17.3 Å². The van der Waals surface area contributed by atoms with E-state index in [1.165, 1.54) is 0 Å². The van der Waals surface area contributed by atoms with Gasteiger partial charge in [0.15, 0.2) is 5.78 Å². The third-order valence-corrected chi connectivity index (χ3v) is 3.32. The van der Waals surface area contributed by atoms with Crippen LogP contribution >= 0.6 is 0 Å². The van der Waals surface area contributed by atoms with E-state index in [0.29, 0.717) is 29.2 Å². The van der Waals surface area contributed by atoms with Gasteiger partial charge in [-0.15, -0.1) is 0 Å². The lowest BCUT2D eigenvalue weighted by atomic mass is 9.86. The summed E-state index contributed by atoms with van der Waals surface area (Å²) in [6.45, 7) is 4.13. The highest BCUT2D eigenvalue weighted by Gasteiger charge is 2.31. The molecule has 0 radical (unpaired) electrons. The smallest absolute Gasteiger partial charge is 0.216 e. The molecule has 0 saturated carbocycles. The monoisotopic (exact) mass is 267 g/mol. The SMILES string of the molecule is CCOc1nc2c(cc1C)C(=O)c1ccccc1C2=O. The molecule has 1 heterocycles. The highest BCUT2D eigenvalue weighted by Crippen LogP contribution is 2.29. The molecule has 1 aliphatic rings. The Kier molecular flexibility index (Phi) is 2.86. The number of carbonyl (C=O) groups is 2. The molecule has 0 amide bonds. The maximum Gasteiger partial charge on any atom is 0.216 e. The third-order valence-electron chi connectivity index (χ3n) is 3.32. The quantitative estimate of drug-likeness (QED) is 0.716. The average Bonchev–Trinajstić information content (AvgIpc) is 2.46. The number of hydrogen-bond acceptors (Lipinski definition) is 4. The zero-order valence-corrected chi connectivity index (χ0v) is 11.3. The maximum atomic E-state index is 12.5. The van der Waals surface area contributed by atoms with Gasteiger partial charge < -0.3 is 4.74 Å². The number of fused-ring (bicyclic) bond motifs is 2. The van der Waals surface area contributed by atoms with Crippen molar-refractivity contribution in [2.75, 3.05) is 6.61 Å². The molecular formula is C16H13NO3. The number of rotatable bonds is 2. The molecule has 0 spiro atoms. The van der Waals surface area contributed by atoms with Gasteiger partial charge in [-0.3, -0.25) is 9.59 Å². The van der Waals surface area contributed by atoms with Gasteiger partial charge in [0.1, 0.15) is 5.69 Å². The molecular weight excluding hydrogens is 254 g/mol. The molecule has 4 heteroatoms. The molecule has 0 saturated heterocycles. The summed E-state index contributed by atoms with van der Waals surface area (Å²) in [5, 5.41) is 0. The molecule has 1 aromatic heterocycles. The highest BCUT2D eigenvalue weighted by atomic mass is 16.5. The number of ketones is 2. The van der Waals surface area contributed by atoms with Crippen molar-refractivity contribution >= 4 is 11.6 Å². The second kappa shape index (κ2) is 4.56. The van der Waals surface area contributed by atoms with Crippen molar-refractivity contribution in [1.29, 1.82) is 0 Å². The summed E-state index contributed by atoms with van der Waals surface area (Å²) in [5.41, 5.74) is 2.14. The van der Waals surface area contributed by atoms with E-state index in [2.05, 4.69) is 4.98 Å². The van der Waals surface area contributed by atoms with E-state index in [0.717, 1.165) is 5.56 Å². The normalized spacial score (nSPS) is 12.9. The molecule has 3 rings (SSSR count). The first-order chi connectivity index (χ1) is 9.63. The Morgan fingerprint density at radius 2 is 1.70 bits per heavy atom. The van der Waals surface area contributed by atoms with E-state index in [1.807, 2.05) is 13.8 Å². The van der Waals surface area contributed by atoms with E-state index in [1.54, 1.807) is 30.3 Å². The van der Waals surface area contributed by atoms with Gasteiger partial charge in [-0.05, 0) is 19.9 Å². The molecule has 1 aromatic carbocycles. The molecule has 20 heavy (non-hydrogen) atoms. The largest absolute Gasteiger partial charge is 0.478 e. The Hall–Kier alpha value is -2.49. The molecule has 0 fully saturated rings. The summed E-state index contributed by atoms with van der Waals surface area (Å²) in [6, 6.07) is 8.50. The van der Waals surface area contributed by atoms with Crippen LogP contribution in [0.1, 0.15) is 44.5 Å². The van der Waals surface area contributed by atoms with Crippen molar-refractivity contribution in [3.05, 3.63) is 58.3 Å². The summed E-state index contributed by atoms with van der Waals surface area (Å²) in [7, 11) is 0. The highest BCUT2D eigenvalue weighted by molar-refractivity contribution is 6.27. The van der Waals surface area contributed by atoms with Gasteiger partial charge in [-0.25, -0.2) is 4.98 Å². The summed E-state index contributed by atoms with van der Waals surface area (Å²) >= 11 is 0. The van der Waals surface area contributed by atoms with E-state index in [4.69, 9.17) is 4.74 Å². The molecule has 100 valence electrons. The third kappa shape index (κ3) is 1.72. The van der Waals surface area contributed by atoms with Crippen LogP contribution in [0, 0.1) is 6.92 Å². The number of hydrogen-bond donors (Lipinski definition) is 0. The number of carbonyl (C=O) groups excluding carboxylic acids is 2. The minimum Gasteiger partial charge on any atom is -0.478 e. The van der Waals surface area contributed by atoms with Crippen molar-refractivity contribution in [3.8, 4) is 5.88 Å². The number of aromatic nitrogens is 1. The van der Waals surface area contributed by atoms with Crippen LogP contribution in [0.3, 0.4) is 0 Å². The molecule has 0 bridgehead atoms. The van der Waals surface area contributed by atoms with E-state index >= 15 is 0 Å². The van der Waals surface area contributed by atoms with Gasteiger partial charge in [-0.2, -0.15) is 0 Å². The van der Waals surface area contributed by atoms with Crippen LogP contribution in [0.2, 0.25) is 0 Å². The van der Waals surface area contributed by atoms with Crippen LogP contribution in [0.25, 0.3) is 0 Å². The molecule has 0 N–H and O–H groups in total. The fraction of sp³-hybridized carbons (Fsp3) is 0.188. The molecule has 0 atom stereocenters. The Balaban J connectivity index is 2.23. The minimum absolute atomic E-state index is 0.158. The summed E-state index contributed by atoms with van der Waals surface area (Å²) in [5.74, 6) is 0.0248. The van der Waals surface area contributed by atoms with Crippen molar-refractivity contribution in [2.45, 2.75) is 13.8 Å². The first-order valence-corrected chi connectivity index (χ1v) is 6.46. The van der Waals surface area contributed by atoms with Gasteiger partial charge in [0.25, 0.3) is 0 Å². The second-order valence-electron chi connectivity index (χ2n) is 4.64. The van der Waals surface area contributed by atoms with E-state index in [9.17, 15) is 9.59 Å². The van der Waals surface area contributed by atoms with Crippen molar-refractivity contribution in [3.63, 3.8) is 0 Å². The molecule has 4 nitrogen and oxygen atoms in total. The van der Waals surface area contributed by atoms with Crippen LogP contribution in [0.4, 0.5) is 0 Å². The van der Waals surface area contributed by atoms with Gasteiger partial charge in [0.05, 0.1) is 12.2 Å². The van der Waals surface area contributed by atoms with Crippen LogP contribution in [-0.2, 0) is 0 Å². The lowest BCUT2D eigenvalue weighted by molar-refractivity contribution is 0.0974. The summed E-state index contributed by atoms with van der Waals surface area (Å²) in [6.07, 6.45) is 0. The van der Waals surface area contributed by atoms with Gasteiger partial charge in [0, 0.05) is 16.7 Å². The minimum atomic E-state index is -0.226. The number of ether oxygens (including phenoxy) is 1. The Labute approximate surface area is 116 Å². The van der Waals surface area contributed by atoms with E-state index < -0.39 is 0 Å². The number of nitrogens with zero attached hydrogens (tertiary/aromatic N) is 1. The number of pyridine rings is 1. The fourth-order valence-electron chi connectivity index (χ4n) is 2.38. The average molecular weight is 267 g/mol. The van der Waals surface area contributed by atoms with Crippen molar-refractivity contribution in [2.24, 2.45) is 0 Å². The fourth-order valence-corrected chi connectivity index (χ4v) is 2.38. The van der Waals surface area contributed by atoms with Crippen molar-refractivity contribution in [1.82, 2.24) is 4.98 Å². The zero-order valence-electron chi connectivity index (χ0n) is 11.3. The first-order valence-electron chi connectivity index (χ1n) is 6.46. The van der Waals surface area contributed by atoms with Gasteiger partial charge in [0.2, 0.25) is 11.7 Å².